The third-order valence-electron chi connectivity index (χ3n) is 5.69. The predicted molar refractivity (Wildman–Crippen MR) is 128 cm³/mol. The quantitative estimate of drug-likeness (QED) is 0.380. The first-order chi connectivity index (χ1) is 15.6. The van der Waals surface area contributed by atoms with Crippen LogP contribution in [0.4, 0.5) is 16.2 Å². The van der Waals surface area contributed by atoms with Gasteiger partial charge in [0.2, 0.25) is 0 Å². The van der Waals surface area contributed by atoms with Crippen molar-refractivity contribution in [1.29, 1.82) is 0 Å². The molecule has 0 aromatic heterocycles. The van der Waals surface area contributed by atoms with Gasteiger partial charge in [-0.2, -0.15) is 0 Å². The highest BCUT2D eigenvalue weighted by Gasteiger charge is 2.33. The van der Waals surface area contributed by atoms with Gasteiger partial charge in [0.1, 0.15) is 22.8 Å². The fourth-order valence-electron chi connectivity index (χ4n) is 4.11. The van der Waals surface area contributed by atoms with Crippen molar-refractivity contribution in [2.45, 2.75) is 58.6 Å². The molecule has 0 bridgehead atoms. The summed E-state index contributed by atoms with van der Waals surface area (Å²) in [6.45, 7) is 8.60. The number of hydrogen-bond donors (Lipinski definition) is 0. The lowest BCUT2D eigenvalue weighted by Crippen LogP contribution is -2.38. The summed E-state index contributed by atoms with van der Waals surface area (Å²) in [5.74, 6) is 1.27. The lowest BCUT2D eigenvalue weighted by atomic mass is 10.1. The van der Waals surface area contributed by atoms with Crippen molar-refractivity contribution < 1.29 is 19.2 Å². The van der Waals surface area contributed by atoms with Crippen molar-refractivity contribution in [1.82, 2.24) is 4.90 Å². The van der Waals surface area contributed by atoms with E-state index in [2.05, 4.69) is 4.90 Å². The maximum atomic E-state index is 12.3. The lowest BCUT2D eigenvalue weighted by molar-refractivity contribution is -0.384. The van der Waals surface area contributed by atoms with Gasteiger partial charge in [-0.1, -0.05) is 18.2 Å². The van der Waals surface area contributed by atoms with Crippen molar-refractivity contribution in [3.8, 4) is 11.5 Å². The molecule has 0 radical (unpaired) electrons. The van der Waals surface area contributed by atoms with Crippen LogP contribution in [0.25, 0.3) is 0 Å². The van der Waals surface area contributed by atoms with Crippen molar-refractivity contribution in [3.63, 3.8) is 0 Å². The van der Waals surface area contributed by atoms with E-state index in [-0.39, 0.29) is 22.7 Å². The summed E-state index contributed by atoms with van der Waals surface area (Å²) >= 11 is 0. The van der Waals surface area contributed by atoms with Gasteiger partial charge in [0.25, 0.3) is 5.69 Å². The van der Waals surface area contributed by atoms with Gasteiger partial charge >= 0.3 is 6.09 Å². The summed E-state index contributed by atoms with van der Waals surface area (Å²) in [6.07, 6.45) is 2.16. The van der Waals surface area contributed by atoms with Crippen LogP contribution < -0.4 is 9.64 Å². The van der Waals surface area contributed by atoms with Crippen LogP contribution >= 0.6 is 0 Å². The van der Waals surface area contributed by atoms with Crippen LogP contribution in [0.2, 0.25) is 0 Å². The van der Waals surface area contributed by atoms with Crippen LogP contribution in [0.5, 0.6) is 11.5 Å². The Morgan fingerprint density at radius 2 is 1.91 bits per heavy atom. The number of carbonyl (C=O) groups excluding carboxylic acids is 1. The third kappa shape index (κ3) is 6.15. The number of para-hydroxylation sites is 1. The third-order valence-corrected chi connectivity index (χ3v) is 5.69. The number of rotatable bonds is 7. The number of amides is 1. The van der Waals surface area contributed by atoms with E-state index in [1.54, 1.807) is 18.0 Å². The van der Waals surface area contributed by atoms with Crippen LogP contribution in [0.15, 0.2) is 42.5 Å². The Morgan fingerprint density at radius 1 is 1.21 bits per heavy atom. The molecule has 0 saturated carbocycles. The minimum atomic E-state index is -0.554. The van der Waals surface area contributed by atoms with Crippen LogP contribution in [-0.2, 0) is 4.74 Å². The molecule has 8 heteroatoms. The largest absolute Gasteiger partial charge is 0.457 e. The number of ether oxygens (including phenoxy) is 2. The summed E-state index contributed by atoms with van der Waals surface area (Å²) in [5.41, 5.74) is 0.846. The molecule has 0 spiro atoms. The number of nitro groups is 1. The fourth-order valence-corrected chi connectivity index (χ4v) is 4.11. The molecule has 1 atom stereocenters. The zero-order chi connectivity index (χ0) is 24.2. The Morgan fingerprint density at radius 3 is 2.55 bits per heavy atom. The van der Waals surface area contributed by atoms with Gasteiger partial charge in [-0.15, -0.1) is 0 Å². The van der Waals surface area contributed by atoms with Gasteiger partial charge in [-0.05, 0) is 65.2 Å². The standard InChI is InChI=1S/C25H33N3O5/c1-18-22(32-20-11-7-6-8-12-20)14-13-21(28(30)31)23(18)27-16-9-10-19(27)15-17-26(5)24(29)33-25(2,3)4/h6-8,11-14,19H,9-10,15-17H2,1-5H3/t19-/m1/s1. The van der Waals surface area contributed by atoms with E-state index >= 15 is 0 Å². The molecule has 0 aliphatic carbocycles. The van der Waals surface area contributed by atoms with E-state index < -0.39 is 5.60 Å². The first-order valence-corrected chi connectivity index (χ1v) is 11.3. The second-order valence-corrected chi connectivity index (χ2v) is 9.41. The van der Waals surface area contributed by atoms with Gasteiger partial charge in [0.05, 0.1) is 4.92 Å². The average Bonchev–Trinajstić information content (AvgIpc) is 3.20. The van der Waals surface area contributed by atoms with E-state index in [0.29, 0.717) is 30.2 Å². The highest BCUT2D eigenvalue weighted by atomic mass is 16.6. The number of anilines is 1. The molecule has 3 rings (SSSR count). The van der Waals surface area contributed by atoms with Gasteiger partial charge in [0.15, 0.2) is 0 Å². The number of hydrogen-bond acceptors (Lipinski definition) is 6. The Kier molecular flexibility index (Phi) is 7.46. The van der Waals surface area contributed by atoms with Crippen molar-refractivity contribution in [2.24, 2.45) is 0 Å². The Labute approximate surface area is 195 Å². The molecule has 1 amide bonds. The zero-order valence-electron chi connectivity index (χ0n) is 20.0. The van der Waals surface area contributed by atoms with Crippen molar-refractivity contribution >= 4 is 17.5 Å². The fraction of sp³-hybridized carbons (Fsp3) is 0.480. The van der Waals surface area contributed by atoms with Gasteiger partial charge < -0.3 is 19.3 Å². The second kappa shape index (κ2) is 10.1. The number of carbonyl (C=O) groups is 1. The molecule has 178 valence electrons. The van der Waals surface area contributed by atoms with E-state index in [1.807, 2.05) is 58.0 Å². The lowest BCUT2D eigenvalue weighted by Gasteiger charge is -2.30. The van der Waals surface area contributed by atoms with Crippen LogP contribution in [0, 0.1) is 17.0 Å². The second-order valence-electron chi connectivity index (χ2n) is 9.41. The number of benzene rings is 2. The Bertz CT molecular complexity index is 988. The van der Waals surface area contributed by atoms with Crippen molar-refractivity contribution in [2.75, 3.05) is 25.0 Å². The van der Waals surface area contributed by atoms with E-state index in [4.69, 9.17) is 9.47 Å². The van der Waals surface area contributed by atoms with Gasteiger partial charge in [-0.25, -0.2) is 4.79 Å². The molecule has 8 nitrogen and oxygen atoms in total. The molecular weight excluding hydrogens is 422 g/mol. The maximum Gasteiger partial charge on any atom is 0.410 e. The monoisotopic (exact) mass is 455 g/mol. The zero-order valence-corrected chi connectivity index (χ0v) is 20.0. The minimum absolute atomic E-state index is 0.0697. The summed E-state index contributed by atoms with van der Waals surface area (Å²) in [4.78, 5) is 27.5. The summed E-state index contributed by atoms with van der Waals surface area (Å²) in [7, 11) is 1.72. The summed E-state index contributed by atoms with van der Waals surface area (Å²) in [6, 6.07) is 12.6. The molecule has 33 heavy (non-hydrogen) atoms. The molecular formula is C25H33N3O5. The maximum absolute atomic E-state index is 12.3. The first kappa shape index (κ1) is 24.4. The van der Waals surface area contributed by atoms with Gasteiger partial charge in [-0.3, -0.25) is 10.1 Å². The van der Waals surface area contributed by atoms with E-state index in [0.717, 1.165) is 24.9 Å². The summed E-state index contributed by atoms with van der Waals surface area (Å²) < 4.78 is 11.5. The smallest absolute Gasteiger partial charge is 0.410 e. The molecule has 1 aliphatic heterocycles. The molecule has 1 heterocycles. The minimum Gasteiger partial charge on any atom is -0.457 e. The molecule has 0 unspecified atom stereocenters. The van der Waals surface area contributed by atoms with E-state index in [9.17, 15) is 14.9 Å². The highest BCUT2D eigenvalue weighted by Crippen LogP contribution is 2.42. The van der Waals surface area contributed by atoms with Crippen LogP contribution in [0.3, 0.4) is 0 Å². The first-order valence-electron chi connectivity index (χ1n) is 11.3. The normalized spacial score (nSPS) is 15.9. The number of nitrogens with zero attached hydrogens (tertiary/aromatic N) is 3. The van der Waals surface area contributed by atoms with Crippen LogP contribution in [-0.4, -0.2) is 47.7 Å². The van der Waals surface area contributed by atoms with E-state index in [1.165, 1.54) is 6.07 Å². The molecule has 2 aromatic rings. The summed E-state index contributed by atoms with van der Waals surface area (Å²) in [5, 5.41) is 11.9. The molecule has 1 saturated heterocycles. The SMILES string of the molecule is Cc1c(Oc2ccccc2)ccc([N+](=O)[O-])c1N1CCC[C@@H]1CCN(C)C(=O)OC(C)(C)C. The number of nitro benzene ring substituents is 1. The van der Waals surface area contributed by atoms with Crippen molar-refractivity contribution in [3.05, 3.63) is 58.1 Å². The Balaban J connectivity index is 1.81. The van der Waals surface area contributed by atoms with Crippen LogP contribution in [0.1, 0.15) is 45.6 Å². The topological polar surface area (TPSA) is 85.2 Å². The Hall–Kier alpha value is -3.29. The predicted octanol–water partition coefficient (Wildman–Crippen LogP) is 5.92. The average molecular weight is 456 g/mol. The molecule has 1 aliphatic rings. The van der Waals surface area contributed by atoms with Gasteiger partial charge in [0, 0.05) is 37.8 Å². The molecule has 0 N–H and O–H groups in total. The molecule has 1 fully saturated rings. The molecule has 2 aromatic carbocycles. The highest BCUT2D eigenvalue weighted by molar-refractivity contribution is 5.72.